The van der Waals surface area contributed by atoms with Gasteiger partial charge in [0, 0.05) is 38.3 Å². The molecular weight excluding hydrogens is 269 g/mol. The first-order valence-electron chi connectivity index (χ1n) is 7.02. The average Bonchev–Trinajstić information content (AvgIpc) is 3.15. The minimum Gasteiger partial charge on any atom is -0.341 e. The van der Waals surface area contributed by atoms with Gasteiger partial charge in [0.15, 0.2) is 0 Å². The molecule has 3 rings (SSSR count). The Kier molecular flexibility index (Phi) is 3.49. The van der Waals surface area contributed by atoms with Gasteiger partial charge in [-0.05, 0) is 30.0 Å². The monoisotopic (exact) mass is 287 g/mol. The topological polar surface area (TPSA) is 38.1 Å². The zero-order valence-corrected chi connectivity index (χ0v) is 12.2. The van der Waals surface area contributed by atoms with Crippen molar-refractivity contribution in [2.24, 2.45) is 13.0 Å². The molecule has 21 heavy (non-hydrogen) atoms. The number of carbonyl (C=O) groups excluding carboxylic acids is 1. The van der Waals surface area contributed by atoms with Crippen molar-refractivity contribution in [3.05, 3.63) is 53.6 Å². The number of halogens is 1. The fourth-order valence-electron chi connectivity index (χ4n) is 2.73. The molecule has 1 aliphatic rings. The number of carbonyl (C=O) groups is 1. The summed E-state index contributed by atoms with van der Waals surface area (Å²) in [6.45, 7) is 0.569. The van der Waals surface area contributed by atoms with E-state index >= 15 is 0 Å². The van der Waals surface area contributed by atoms with Crippen molar-refractivity contribution in [1.29, 1.82) is 0 Å². The van der Waals surface area contributed by atoms with Crippen LogP contribution in [0.4, 0.5) is 4.39 Å². The summed E-state index contributed by atoms with van der Waals surface area (Å²) >= 11 is 0. The third-order valence-corrected chi connectivity index (χ3v) is 3.96. The Morgan fingerprint density at radius 3 is 2.76 bits per heavy atom. The summed E-state index contributed by atoms with van der Waals surface area (Å²) in [5.74, 6) is 0.163. The highest BCUT2D eigenvalue weighted by Crippen LogP contribution is 2.48. The van der Waals surface area contributed by atoms with Crippen molar-refractivity contribution in [3.8, 4) is 0 Å². The zero-order valence-electron chi connectivity index (χ0n) is 12.2. The van der Waals surface area contributed by atoms with Crippen LogP contribution in [-0.4, -0.2) is 27.6 Å². The van der Waals surface area contributed by atoms with E-state index in [1.165, 1.54) is 12.1 Å². The first kappa shape index (κ1) is 13.8. The van der Waals surface area contributed by atoms with Crippen LogP contribution in [0.15, 0.2) is 36.7 Å². The largest absolute Gasteiger partial charge is 0.341 e. The van der Waals surface area contributed by atoms with E-state index in [1.54, 1.807) is 27.9 Å². The first-order chi connectivity index (χ1) is 10.0. The molecule has 110 valence electrons. The minimum atomic E-state index is -0.240. The van der Waals surface area contributed by atoms with Crippen LogP contribution in [-0.2, 0) is 18.4 Å². The molecule has 1 heterocycles. The van der Waals surface area contributed by atoms with Crippen molar-refractivity contribution in [1.82, 2.24) is 14.7 Å². The smallest absolute Gasteiger partial charge is 0.226 e. The number of hydrogen-bond donors (Lipinski definition) is 0. The number of amides is 1. The summed E-state index contributed by atoms with van der Waals surface area (Å²) in [5.41, 5.74) is 2.07. The second kappa shape index (κ2) is 5.31. The first-order valence-corrected chi connectivity index (χ1v) is 7.02. The van der Waals surface area contributed by atoms with Crippen molar-refractivity contribution in [2.45, 2.75) is 18.9 Å². The quantitative estimate of drug-likeness (QED) is 0.865. The van der Waals surface area contributed by atoms with Crippen molar-refractivity contribution in [3.63, 3.8) is 0 Å². The lowest BCUT2D eigenvalue weighted by atomic mass is 10.1. The van der Waals surface area contributed by atoms with Crippen molar-refractivity contribution in [2.75, 3.05) is 7.05 Å². The summed E-state index contributed by atoms with van der Waals surface area (Å²) < 4.78 is 14.6. The molecule has 1 amide bonds. The van der Waals surface area contributed by atoms with Crippen LogP contribution in [0.2, 0.25) is 0 Å². The van der Waals surface area contributed by atoms with Gasteiger partial charge in [0.2, 0.25) is 5.91 Å². The van der Waals surface area contributed by atoms with Gasteiger partial charge in [-0.3, -0.25) is 9.48 Å². The van der Waals surface area contributed by atoms with Gasteiger partial charge in [0.1, 0.15) is 5.82 Å². The molecule has 0 spiro atoms. The van der Waals surface area contributed by atoms with Gasteiger partial charge < -0.3 is 4.90 Å². The maximum absolute atomic E-state index is 12.9. The van der Waals surface area contributed by atoms with E-state index in [9.17, 15) is 9.18 Å². The van der Waals surface area contributed by atoms with Crippen LogP contribution in [0, 0.1) is 11.7 Å². The molecule has 2 aromatic rings. The predicted molar refractivity (Wildman–Crippen MR) is 76.9 cm³/mol. The van der Waals surface area contributed by atoms with Gasteiger partial charge in [-0.1, -0.05) is 12.1 Å². The molecule has 1 fully saturated rings. The Morgan fingerprint density at radius 2 is 2.14 bits per heavy atom. The molecule has 1 aromatic heterocycles. The highest BCUT2D eigenvalue weighted by molar-refractivity contribution is 5.82. The number of hydrogen-bond acceptors (Lipinski definition) is 2. The average molecular weight is 287 g/mol. The Bertz CT molecular complexity index is 650. The molecular formula is C16H18FN3O. The Morgan fingerprint density at radius 1 is 1.43 bits per heavy atom. The fraction of sp³-hybridized carbons (Fsp3) is 0.375. The van der Waals surface area contributed by atoms with E-state index in [0.29, 0.717) is 6.54 Å². The number of aryl methyl sites for hydroxylation is 1. The third kappa shape index (κ3) is 2.96. The third-order valence-electron chi connectivity index (χ3n) is 3.96. The summed E-state index contributed by atoms with van der Waals surface area (Å²) in [4.78, 5) is 14.1. The van der Waals surface area contributed by atoms with Crippen LogP contribution in [0.3, 0.4) is 0 Å². The Labute approximate surface area is 123 Å². The van der Waals surface area contributed by atoms with E-state index < -0.39 is 0 Å². The molecule has 0 saturated heterocycles. The van der Waals surface area contributed by atoms with Crippen molar-refractivity contribution >= 4 is 5.91 Å². The van der Waals surface area contributed by atoms with Crippen LogP contribution < -0.4 is 0 Å². The number of aromatic nitrogens is 2. The molecule has 0 bridgehead atoms. The number of rotatable bonds is 4. The molecule has 1 saturated carbocycles. The van der Waals surface area contributed by atoms with E-state index in [2.05, 4.69) is 5.10 Å². The van der Waals surface area contributed by atoms with E-state index in [-0.39, 0.29) is 23.6 Å². The summed E-state index contributed by atoms with van der Waals surface area (Å²) in [6, 6.07) is 6.45. The molecule has 2 unspecified atom stereocenters. The normalized spacial score (nSPS) is 20.3. The summed E-state index contributed by atoms with van der Waals surface area (Å²) in [7, 11) is 3.67. The molecule has 2 atom stereocenters. The van der Waals surface area contributed by atoms with Gasteiger partial charge >= 0.3 is 0 Å². The molecule has 0 N–H and O–H groups in total. The maximum Gasteiger partial charge on any atom is 0.226 e. The lowest BCUT2D eigenvalue weighted by molar-refractivity contribution is -0.131. The highest BCUT2D eigenvalue weighted by Gasteiger charge is 2.45. The van der Waals surface area contributed by atoms with Gasteiger partial charge in [-0.2, -0.15) is 5.10 Å². The maximum atomic E-state index is 12.9. The standard InChI is InChI=1S/C16H18FN3O/c1-19(9-11-8-18-20(2)10-11)16(21)15-7-14(15)12-3-5-13(17)6-4-12/h3-6,8,10,14-15H,7,9H2,1-2H3. The van der Waals surface area contributed by atoms with Gasteiger partial charge in [-0.25, -0.2) is 4.39 Å². The molecule has 1 aromatic carbocycles. The predicted octanol–water partition coefficient (Wildman–Crippen LogP) is 2.32. The molecule has 4 nitrogen and oxygen atoms in total. The second-order valence-electron chi connectivity index (χ2n) is 5.72. The van der Waals surface area contributed by atoms with Crippen LogP contribution in [0.25, 0.3) is 0 Å². The summed E-state index contributed by atoms with van der Waals surface area (Å²) in [6.07, 6.45) is 4.53. The fourth-order valence-corrected chi connectivity index (χ4v) is 2.73. The van der Waals surface area contributed by atoms with Gasteiger partial charge in [0.05, 0.1) is 6.20 Å². The number of benzene rings is 1. The second-order valence-corrected chi connectivity index (χ2v) is 5.72. The van der Waals surface area contributed by atoms with Crippen molar-refractivity contribution < 1.29 is 9.18 Å². The van der Waals surface area contributed by atoms with Gasteiger partial charge in [-0.15, -0.1) is 0 Å². The van der Waals surface area contributed by atoms with E-state index in [1.807, 2.05) is 20.3 Å². The molecule has 0 aliphatic heterocycles. The van der Waals surface area contributed by atoms with E-state index in [0.717, 1.165) is 17.5 Å². The van der Waals surface area contributed by atoms with Gasteiger partial charge in [0.25, 0.3) is 0 Å². The lowest BCUT2D eigenvalue weighted by Crippen LogP contribution is -2.27. The Hall–Kier alpha value is -2.17. The number of nitrogens with zero attached hydrogens (tertiary/aromatic N) is 3. The molecule has 5 heteroatoms. The minimum absolute atomic E-state index is 0.0251. The van der Waals surface area contributed by atoms with Crippen LogP contribution in [0.1, 0.15) is 23.5 Å². The summed E-state index contributed by atoms with van der Waals surface area (Å²) in [5, 5.41) is 4.10. The lowest BCUT2D eigenvalue weighted by Gasteiger charge is -2.16. The Balaban J connectivity index is 1.60. The van der Waals surface area contributed by atoms with Crippen LogP contribution >= 0.6 is 0 Å². The molecule has 0 radical (unpaired) electrons. The SMILES string of the molecule is CN(Cc1cnn(C)c1)C(=O)C1CC1c1ccc(F)cc1. The van der Waals surface area contributed by atoms with E-state index in [4.69, 9.17) is 0 Å². The zero-order chi connectivity index (χ0) is 15.0. The highest BCUT2D eigenvalue weighted by atomic mass is 19.1. The van der Waals surface area contributed by atoms with Crippen LogP contribution in [0.5, 0.6) is 0 Å². The molecule has 1 aliphatic carbocycles.